The number of para-hydroxylation sites is 1. The molecule has 0 saturated carbocycles. The van der Waals surface area contributed by atoms with Crippen LogP contribution in [0.5, 0.6) is 5.75 Å². The van der Waals surface area contributed by atoms with Gasteiger partial charge < -0.3 is 15.5 Å². The largest absolute Gasteiger partial charge is 0.489 e. The predicted octanol–water partition coefficient (Wildman–Crippen LogP) is 3.02. The highest BCUT2D eigenvalue weighted by Crippen LogP contribution is 2.32. The summed E-state index contributed by atoms with van der Waals surface area (Å²) in [5, 5.41) is 2.39. The fourth-order valence-corrected chi connectivity index (χ4v) is 2.52. The molecule has 3 N–H and O–H groups in total. The zero-order valence-corrected chi connectivity index (χ0v) is 12.4. The van der Waals surface area contributed by atoms with Crippen molar-refractivity contribution in [2.75, 3.05) is 13.2 Å². The number of aliphatic imine (C=N–C) groups is 2. The van der Waals surface area contributed by atoms with Gasteiger partial charge in [0.2, 0.25) is 0 Å². The van der Waals surface area contributed by atoms with E-state index in [-0.39, 0.29) is 0 Å². The number of aromatic amines is 1. The van der Waals surface area contributed by atoms with Crippen molar-refractivity contribution in [3.63, 3.8) is 0 Å². The monoisotopic (exact) mass is 294 g/mol. The van der Waals surface area contributed by atoms with Gasteiger partial charge in [0, 0.05) is 16.3 Å². The molecule has 0 radical (unpaired) electrons. The van der Waals surface area contributed by atoms with E-state index in [0.29, 0.717) is 13.2 Å². The maximum atomic E-state index is 5.88. The lowest BCUT2D eigenvalue weighted by Crippen LogP contribution is -2.02. The SMILES string of the molecule is Cc1cc(OCCN=CN=CN)c2[nH]c3ccccc3c2c1. The molecule has 0 aliphatic heterocycles. The molecule has 22 heavy (non-hydrogen) atoms. The van der Waals surface area contributed by atoms with E-state index in [9.17, 15) is 0 Å². The Kier molecular flexibility index (Phi) is 4.05. The minimum absolute atomic E-state index is 0.491. The highest BCUT2D eigenvalue weighted by Gasteiger charge is 2.09. The third kappa shape index (κ3) is 2.79. The number of nitrogens with zero attached hydrogens (tertiary/aromatic N) is 2. The minimum Gasteiger partial charge on any atom is -0.489 e. The second kappa shape index (κ2) is 6.30. The lowest BCUT2D eigenvalue weighted by Gasteiger charge is -2.07. The summed E-state index contributed by atoms with van der Waals surface area (Å²) in [6.07, 6.45) is 2.64. The van der Waals surface area contributed by atoms with Gasteiger partial charge in [-0.3, -0.25) is 4.99 Å². The highest BCUT2D eigenvalue weighted by atomic mass is 16.5. The van der Waals surface area contributed by atoms with Gasteiger partial charge in [0.25, 0.3) is 0 Å². The van der Waals surface area contributed by atoms with Gasteiger partial charge in [0.15, 0.2) is 0 Å². The van der Waals surface area contributed by atoms with Crippen LogP contribution in [0.2, 0.25) is 0 Å². The van der Waals surface area contributed by atoms with Crippen LogP contribution in [0.25, 0.3) is 21.8 Å². The van der Waals surface area contributed by atoms with Gasteiger partial charge in [-0.15, -0.1) is 0 Å². The van der Waals surface area contributed by atoms with Crippen LogP contribution in [0, 0.1) is 6.92 Å². The van der Waals surface area contributed by atoms with Crippen LogP contribution < -0.4 is 10.5 Å². The number of hydrogen-bond donors (Lipinski definition) is 2. The topological polar surface area (TPSA) is 75.8 Å². The number of aryl methyl sites for hydroxylation is 1. The first-order valence-electron chi connectivity index (χ1n) is 7.15. The third-order valence-corrected chi connectivity index (χ3v) is 3.44. The molecular formula is C17H18N4O. The number of hydrogen-bond acceptors (Lipinski definition) is 2. The molecule has 5 heteroatoms. The molecule has 112 valence electrons. The molecule has 3 rings (SSSR count). The summed E-state index contributed by atoms with van der Waals surface area (Å²) in [4.78, 5) is 11.2. The van der Waals surface area contributed by atoms with Crippen molar-refractivity contribution in [2.45, 2.75) is 6.92 Å². The molecule has 0 saturated heterocycles. The van der Waals surface area contributed by atoms with Crippen LogP contribution >= 0.6 is 0 Å². The average molecular weight is 294 g/mol. The normalized spacial score (nSPS) is 12.0. The Hall–Kier alpha value is -2.82. The molecule has 3 aromatic rings. The number of nitrogens with two attached hydrogens (primary N) is 1. The number of benzene rings is 2. The molecule has 2 aromatic carbocycles. The molecule has 1 heterocycles. The zero-order valence-electron chi connectivity index (χ0n) is 12.4. The Morgan fingerprint density at radius 3 is 2.95 bits per heavy atom. The van der Waals surface area contributed by atoms with Crippen LogP contribution in [0.1, 0.15) is 5.56 Å². The van der Waals surface area contributed by atoms with Gasteiger partial charge in [-0.05, 0) is 30.7 Å². The Balaban J connectivity index is 1.89. The number of nitrogens with one attached hydrogen (secondary N) is 1. The number of aromatic nitrogens is 1. The smallest absolute Gasteiger partial charge is 0.143 e. The van der Waals surface area contributed by atoms with Crippen LogP contribution in [-0.4, -0.2) is 30.8 Å². The summed E-state index contributed by atoms with van der Waals surface area (Å²) < 4.78 is 5.88. The van der Waals surface area contributed by atoms with Gasteiger partial charge in [-0.1, -0.05) is 18.2 Å². The van der Waals surface area contributed by atoms with E-state index < -0.39 is 0 Å². The molecule has 0 amide bonds. The molecule has 0 aliphatic carbocycles. The summed E-state index contributed by atoms with van der Waals surface area (Å²) in [7, 11) is 0. The van der Waals surface area contributed by atoms with Gasteiger partial charge in [-0.2, -0.15) is 0 Å². The molecular weight excluding hydrogens is 276 g/mol. The maximum absolute atomic E-state index is 5.88. The Morgan fingerprint density at radius 2 is 2.09 bits per heavy atom. The number of ether oxygens (including phenoxy) is 1. The second-order valence-electron chi connectivity index (χ2n) is 5.02. The van der Waals surface area contributed by atoms with Crippen LogP contribution in [0.4, 0.5) is 0 Å². The van der Waals surface area contributed by atoms with Gasteiger partial charge >= 0.3 is 0 Å². The van der Waals surface area contributed by atoms with E-state index in [1.165, 1.54) is 29.0 Å². The number of rotatable bonds is 5. The first kappa shape index (κ1) is 14.1. The Bertz CT molecular complexity index is 848. The highest BCUT2D eigenvalue weighted by molar-refractivity contribution is 6.09. The fraction of sp³-hybridized carbons (Fsp3) is 0.176. The predicted molar refractivity (Wildman–Crippen MR) is 92.1 cm³/mol. The van der Waals surface area contributed by atoms with Crippen molar-refractivity contribution < 1.29 is 4.74 Å². The van der Waals surface area contributed by atoms with Crippen molar-refractivity contribution in [3.8, 4) is 5.75 Å². The van der Waals surface area contributed by atoms with E-state index in [2.05, 4.69) is 40.1 Å². The Morgan fingerprint density at radius 1 is 1.23 bits per heavy atom. The van der Waals surface area contributed by atoms with Gasteiger partial charge in [-0.25, -0.2) is 4.99 Å². The number of H-pyrrole nitrogens is 1. The molecule has 1 aromatic heterocycles. The van der Waals surface area contributed by atoms with Crippen molar-refractivity contribution in [2.24, 2.45) is 15.7 Å². The first-order chi connectivity index (χ1) is 10.8. The second-order valence-corrected chi connectivity index (χ2v) is 5.02. The van der Waals surface area contributed by atoms with Crippen molar-refractivity contribution >= 4 is 34.5 Å². The Labute approximate surface area is 128 Å². The lowest BCUT2D eigenvalue weighted by atomic mass is 10.1. The first-order valence-corrected chi connectivity index (χ1v) is 7.15. The zero-order chi connectivity index (χ0) is 15.4. The fourth-order valence-electron chi connectivity index (χ4n) is 2.52. The minimum atomic E-state index is 0.491. The molecule has 5 nitrogen and oxygen atoms in total. The lowest BCUT2D eigenvalue weighted by molar-refractivity contribution is 0.332. The third-order valence-electron chi connectivity index (χ3n) is 3.44. The van der Waals surface area contributed by atoms with E-state index in [1.54, 1.807) is 0 Å². The quantitative estimate of drug-likeness (QED) is 0.431. The summed E-state index contributed by atoms with van der Waals surface area (Å²) in [6, 6.07) is 12.5. The van der Waals surface area contributed by atoms with Gasteiger partial charge in [0.05, 0.1) is 18.4 Å². The van der Waals surface area contributed by atoms with Crippen LogP contribution in [0.15, 0.2) is 46.4 Å². The summed E-state index contributed by atoms with van der Waals surface area (Å²) in [6.45, 7) is 3.10. The van der Waals surface area contributed by atoms with Gasteiger partial charge in [0.1, 0.15) is 18.7 Å². The van der Waals surface area contributed by atoms with Crippen LogP contribution in [0.3, 0.4) is 0 Å². The summed E-state index contributed by atoms with van der Waals surface area (Å²) >= 11 is 0. The maximum Gasteiger partial charge on any atom is 0.143 e. The standard InChI is InChI=1S/C17H18N4O/c1-12-8-14-13-4-2-3-5-15(13)21-17(14)16(9-12)22-7-6-19-11-20-10-18/h2-5,8-11,21H,6-7H2,1H3,(H2,18,19,20). The summed E-state index contributed by atoms with van der Waals surface area (Å²) in [5.41, 5.74) is 8.44. The van der Waals surface area contributed by atoms with E-state index in [4.69, 9.17) is 10.5 Å². The average Bonchev–Trinajstić information content (AvgIpc) is 2.89. The molecule has 0 atom stereocenters. The van der Waals surface area contributed by atoms with Crippen LogP contribution in [-0.2, 0) is 0 Å². The molecule has 0 unspecified atom stereocenters. The van der Waals surface area contributed by atoms with E-state index in [0.717, 1.165) is 16.8 Å². The van der Waals surface area contributed by atoms with E-state index in [1.807, 2.05) is 18.2 Å². The molecule has 0 spiro atoms. The molecule has 0 bridgehead atoms. The van der Waals surface area contributed by atoms with Crippen molar-refractivity contribution in [3.05, 3.63) is 42.0 Å². The molecule has 0 aliphatic rings. The molecule has 0 fully saturated rings. The summed E-state index contributed by atoms with van der Waals surface area (Å²) in [5.74, 6) is 0.851. The van der Waals surface area contributed by atoms with Crippen molar-refractivity contribution in [1.29, 1.82) is 0 Å². The van der Waals surface area contributed by atoms with Crippen molar-refractivity contribution in [1.82, 2.24) is 4.98 Å². The number of fused-ring (bicyclic) bond motifs is 3. The van der Waals surface area contributed by atoms with E-state index >= 15 is 0 Å².